The molecule has 1 saturated heterocycles. The lowest BCUT2D eigenvalue weighted by molar-refractivity contribution is 0.0972. The number of ether oxygens (including phenoxy) is 1. The Bertz CT molecular complexity index is 434. The summed E-state index contributed by atoms with van der Waals surface area (Å²) in [7, 11) is 0. The molecule has 1 saturated carbocycles. The number of rotatable bonds is 3. The average Bonchev–Trinajstić information content (AvgIpc) is 3.13. The highest BCUT2D eigenvalue weighted by molar-refractivity contribution is 7.18. The van der Waals surface area contributed by atoms with Gasteiger partial charge in [-0.2, -0.15) is 0 Å². The van der Waals surface area contributed by atoms with Gasteiger partial charge in [-0.05, 0) is 18.9 Å². The van der Waals surface area contributed by atoms with Crippen molar-refractivity contribution in [3.8, 4) is 0 Å². The highest BCUT2D eigenvalue weighted by Gasteiger charge is 2.33. The SMILES string of the molecule is Nc1cc(N2CCOCC2)sc1C(=O)C1CC1. The zero-order chi connectivity index (χ0) is 11.8. The van der Waals surface area contributed by atoms with Gasteiger partial charge in [0.15, 0.2) is 5.78 Å². The van der Waals surface area contributed by atoms with Crippen LogP contribution in [0.1, 0.15) is 22.5 Å². The van der Waals surface area contributed by atoms with Gasteiger partial charge >= 0.3 is 0 Å². The van der Waals surface area contributed by atoms with Crippen LogP contribution < -0.4 is 10.6 Å². The largest absolute Gasteiger partial charge is 0.397 e. The molecule has 4 nitrogen and oxygen atoms in total. The van der Waals surface area contributed by atoms with Gasteiger partial charge in [0.2, 0.25) is 0 Å². The first-order valence-corrected chi connectivity index (χ1v) is 6.83. The summed E-state index contributed by atoms with van der Waals surface area (Å²) in [6.07, 6.45) is 2.06. The molecule has 0 spiro atoms. The van der Waals surface area contributed by atoms with E-state index in [0.717, 1.165) is 49.0 Å². The number of anilines is 2. The minimum absolute atomic E-state index is 0.243. The Morgan fingerprint density at radius 1 is 1.41 bits per heavy atom. The molecule has 0 amide bonds. The van der Waals surface area contributed by atoms with Gasteiger partial charge in [-0.3, -0.25) is 4.79 Å². The number of hydrogen-bond acceptors (Lipinski definition) is 5. The molecule has 2 N–H and O–H groups in total. The number of nitrogens with two attached hydrogens (primary N) is 1. The number of morpholine rings is 1. The number of nitrogens with zero attached hydrogens (tertiary/aromatic N) is 1. The fourth-order valence-electron chi connectivity index (χ4n) is 2.05. The Kier molecular flexibility index (Phi) is 2.80. The number of carbonyl (C=O) groups is 1. The van der Waals surface area contributed by atoms with Gasteiger partial charge in [-0.25, -0.2) is 0 Å². The van der Waals surface area contributed by atoms with Crippen LogP contribution in [0, 0.1) is 5.92 Å². The van der Waals surface area contributed by atoms with Gasteiger partial charge in [0.05, 0.1) is 28.8 Å². The zero-order valence-electron chi connectivity index (χ0n) is 9.65. The number of thiophene rings is 1. The van der Waals surface area contributed by atoms with Crippen molar-refractivity contribution in [2.45, 2.75) is 12.8 Å². The highest BCUT2D eigenvalue weighted by atomic mass is 32.1. The van der Waals surface area contributed by atoms with E-state index in [1.807, 2.05) is 6.07 Å². The molecule has 92 valence electrons. The summed E-state index contributed by atoms with van der Waals surface area (Å²) < 4.78 is 5.32. The predicted octanol–water partition coefficient (Wildman–Crippen LogP) is 1.76. The molecule has 5 heteroatoms. The van der Waals surface area contributed by atoms with Gasteiger partial charge in [0.25, 0.3) is 0 Å². The van der Waals surface area contributed by atoms with Crippen LogP contribution in [0.15, 0.2) is 6.07 Å². The van der Waals surface area contributed by atoms with E-state index < -0.39 is 0 Å². The second-order valence-corrected chi connectivity index (χ2v) is 5.64. The maximum Gasteiger partial charge on any atom is 0.178 e. The minimum Gasteiger partial charge on any atom is -0.397 e. The lowest BCUT2D eigenvalue weighted by Crippen LogP contribution is -2.35. The molecule has 1 aromatic rings. The topological polar surface area (TPSA) is 55.6 Å². The van der Waals surface area contributed by atoms with E-state index in [2.05, 4.69) is 4.90 Å². The van der Waals surface area contributed by atoms with Gasteiger partial charge in [-0.1, -0.05) is 0 Å². The fourth-order valence-corrected chi connectivity index (χ4v) is 3.21. The summed E-state index contributed by atoms with van der Waals surface area (Å²) in [6.45, 7) is 3.28. The van der Waals surface area contributed by atoms with Crippen LogP contribution in [0.5, 0.6) is 0 Å². The van der Waals surface area contributed by atoms with E-state index in [4.69, 9.17) is 10.5 Å². The first kappa shape index (κ1) is 11.0. The molecular weight excluding hydrogens is 236 g/mol. The molecule has 2 aliphatic rings. The summed E-state index contributed by atoms with van der Waals surface area (Å²) in [6, 6.07) is 1.94. The molecule has 2 heterocycles. The molecular formula is C12H16N2O2S. The lowest BCUT2D eigenvalue weighted by Gasteiger charge is -2.27. The van der Waals surface area contributed by atoms with Crippen LogP contribution in [0.3, 0.4) is 0 Å². The second kappa shape index (κ2) is 4.31. The van der Waals surface area contributed by atoms with Crippen LogP contribution in [0.2, 0.25) is 0 Å². The van der Waals surface area contributed by atoms with E-state index in [-0.39, 0.29) is 11.7 Å². The maximum atomic E-state index is 12.0. The van der Waals surface area contributed by atoms with Gasteiger partial charge in [0.1, 0.15) is 0 Å². The molecule has 0 bridgehead atoms. The lowest BCUT2D eigenvalue weighted by atomic mass is 10.2. The van der Waals surface area contributed by atoms with Gasteiger partial charge in [-0.15, -0.1) is 11.3 Å². The quantitative estimate of drug-likeness (QED) is 0.833. The van der Waals surface area contributed by atoms with Crippen LogP contribution >= 0.6 is 11.3 Å². The molecule has 0 unspecified atom stereocenters. The second-order valence-electron chi connectivity index (χ2n) is 4.61. The molecule has 3 rings (SSSR count). The zero-order valence-corrected chi connectivity index (χ0v) is 10.5. The van der Waals surface area contributed by atoms with E-state index in [9.17, 15) is 4.79 Å². The Morgan fingerprint density at radius 3 is 2.76 bits per heavy atom. The van der Waals surface area contributed by atoms with Crippen LogP contribution in [-0.4, -0.2) is 32.1 Å². The summed E-state index contributed by atoms with van der Waals surface area (Å²) in [5.74, 6) is 0.487. The third kappa shape index (κ3) is 2.17. The molecule has 1 aliphatic heterocycles. The number of hydrogen-bond donors (Lipinski definition) is 1. The van der Waals surface area contributed by atoms with Gasteiger partial charge < -0.3 is 15.4 Å². The first-order valence-electron chi connectivity index (χ1n) is 6.02. The van der Waals surface area contributed by atoms with Crippen LogP contribution in [0.25, 0.3) is 0 Å². The van der Waals surface area contributed by atoms with E-state index in [1.54, 1.807) is 0 Å². The van der Waals surface area contributed by atoms with Crippen molar-refractivity contribution in [1.82, 2.24) is 0 Å². The molecule has 17 heavy (non-hydrogen) atoms. The Balaban J connectivity index is 1.81. The Morgan fingerprint density at radius 2 is 2.12 bits per heavy atom. The fraction of sp³-hybridized carbons (Fsp3) is 0.583. The molecule has 0 radical (unpaired) electrons. The van der Waals surface area contributed by atoms with Crippen molar-refractivity contribution in [2.75, 3.05) is 36.9 Å². The number of carbonyl (C=O) groups excluding carboxylic acids is 1. The van der Waals surface area contributed by atoms with Crippen LogP contribution in [-0.2, 0) is 4.74 Å². The predicted molar refractivity (Wildman–Crippen MR) is 68.8 cm³/mol. The molecule has 0 atom stereocenters. The normalized spacial score (nSPS) is 20.6. The van der Waals surface area contributed by atoms with Crippen molar-refractivity contribution < 1.29 is 9.53 Å². The number of ketones is 1. The third-order valence-electron chi connectivity index (χ3n) is 3.24. The van der Waals surface area contributed by atoms with Crippen molar-refractivity contribution in [2.24, 2.45) is 5.92 Å². The standard InChI is InChI=1S/C12H16N2O2S/c13-9-7-10(14-3-5-16-6-4-14)17-12(9)11(15)8-1-2-8/h7-8H,1-6,13H2. The summed E-state index contributed by atoms with van der Waals surface area (Å²) >= 11 is 1.54. The van der Waals surface area contributed by atoms with E-state index in [1.165, 1.54) is 11.3 Å². The van der Waals surface area contributed by atoms with Crippen molar-refractivity contribution in [3.63, 3.8) is 0 Å². The number of Topliss-reactive ketones (excluding diaryl/α,β-unsaturated/α-hetero) is 1. The molecule has 2 fully saturated rings. The van der Waals surface area contributed by atoms with E-state index in [0.29, 0.717) is 5.69 Å². The average molecular weight is 252 g/mol. The minimum atomic E-state index is 0.243. The molecule has 1 aliphatic carbocycles. The van der Waals surface area contributed by atoms with E-state index >= 15 is 0 Å². The highest BCUT2D eigenvalue weighted by Crippen LogP contribution is 2.39. The molecule has 0 aromatic carbocycles. The Hall–Kier alpha value is -1.07. The summed E-state index contributed by atoms with van der Waals surface area (Å²) in [5, 5.41) is 1.11. The van der Waals surface area contributed by atoms with Crippen molar-refractivity contribution in [3.05, 3.63) is 10.9 Å². The smallest absolute Gasteiger partial charge is 0.178 e. The van der Waals surface area contributed by atoms with Crippen molar-refractivity contribution >= 4 is 27.8 Å². The maximum absolute atomic E-state index is 12.0. The van der Waals surface area contributed by atoms with Crippen LogP contribution in [0.4, 0.5) is 10.7 Å². The third-order valence-corrected chi connectivity index (χ3v) is 4.47. The van der Waals surface area contributed by atoms with Gasteiger partial charge in [0, 0.05) is 19.0 Å². The summed E-state index contributed by atoms with van der Waals surface area (Å²) in [5.41, 5.74) is 6.59. The van der Waals surface area contributed by atoms with Crippen molar-refractivity contribution in [1.29, 1.82) is 0 Å². The number of nitrogen functional groups attached to an aromatic ring is 1. The summed E-state index contributed by atoms with van der Waals surface area (Å²) in [4.78, 5) is 15.0. The first-order chi connectivity index (χ1) is 8.25. The monoisotopic (exact) mass is 252 g/mol. The molecule has 1 aromatic heterocycles. The Labute approximate surface area is 104 Å².